The molecule has 9 nitrogen and oxygen atoms in total. The van der Waals surface area contributed by atoms with Crippen LogP contribution in [0.25, 0.3) is 0 Å². The summed E-state index contributed by atoms with van der Waals surface area (Å²) in [5.41, 5.74) is 0.943. The van der Waals surface area contributed by atoms with Crippen molar-refractivity contribution in [2.45, 2.75) is 25.8 Å². The van der Waals surface area contributed by atoms with E-state index in [1.54, 1.807) is 14.1 Å². The van der Waals surface area contributed by atoms with E-state index in [2.05, 4.69) is 0 Å². The molecule has 4 amide bonds. The molecule has 0 aromatic heterocycles. The molecule has 11 heteroatoms. The minimum atomic E-state index is -1.38. The summed E-state index contributed by atoms with van der Waals surface area (Å²) in [6, 6.07) is 4.10. The third kappa shape index (κ3) is 4.67. The number of carbonyl (C=O) groups is 5. The zero-order valence-electron chi connectivity index (χ0n) is 19.6. The summed E-state index contributed by atoms with van der Waals surface area (Å²) in [6.07, 6.45) is 1.34. The quantitative estimate of drug-likeness (QED) is 0.453. The second-order valence-electron chi connectivity index (χ2n) is 9.11. The molecule has 186 valence electrons. The maximum Gasteiger partial charge on any atom is 0.295 e. The van der Waals surface area contributed by atoms with E-state index in [4.69, 9.17) is 11.6 Å². The van der Waals surface area contributed by atoms with E-state index in [9.17, 15) is 28.4 Å². The van der Waals surface area contributed by atoms with Crippen molar-refractivity contribution in [1.29, 1.82) is 0 Å². The Bertz CT molecular complexity index is 1150. The van der Waals surface area contributed by atoms with Crippen molar-refractivity contribution in [3.05, 3.63) is 45.9 Å². The smallest absolute Gasteiger partial charge is 0.295 e. The molecule has 1 atom stereocenters. The Morgan fingerprint density at radius 3 is 2.46 bits per heavy atom. The first-order chi connectivity index (χ1) is 16.6. The first-order valence-corrected chi connectivity index (χ1v) is 11.8. The highest BCUT2D eigenvalue weighted by molar-refractivity contribution is 6.43. The third-order valence-electron chi connectivity index (χ3n) is 6.58. The number of likely N-dealkylation sites (tertiary alicyclic amines) is 1. The number of halogens is 2. The maximum absolute atomic E-state index is 13.6. The van der Waals surface area contributed by atoms with E-state index in [-0.39, 0.29) is 49.2 Å². The summed E-state index contributed by atoms with van der Waals surface area (Å²) in [5.74, 6) is -5.08. The first-order valence-electron chi connectivity index (χ1n) is 11.4. The predicted molar refractivity (Wildman–Crippen MR) is 123 cm³/mol. The average molecular weight is 505 g/mol. The number of Topliss-reactive ketones (excluding diaryl/α,β-unsaturated/α-hetero) is 1. The maximum atomic E-state index is 13.6. The van der Waals surface area contributed by atoms with Crippen LogP contribution in [0.4, 0.5) is 4.39 Å². The summed E-state index contributed by atoms with van der Waals surface area (Å²) in [4.78, 5) is 70.7. The standard InChI is InChI=1S/C24H26ClFN4O5/c1-27(2)18(31)13-28-8-3-4-9-30-20(23(28)34)15-7-10-29(22(33)19(15)21(32)24(30)35)12-14-5-6-17(26)16(25)11-14/h5-6,11,19H,3-4,7-10,12-13H2,1-2H3. The Balaban J connectivity index is 1.68. The van der Waals surface area contributed by atoms with Gasteiger partial charge in [0.25, 0.3) is 11.8 Å². The van der Waals surface area contributed by atoms with Gasteiger partial charge in [-0.25, -0.2) is 4.39 Å². The van der Waals surface area contributed by atoms with E-state index in [1.807, 2.05) is 0 Å². The number of amides is 4. The molecule has 3 heterocycles. The van der Waals surface area contributed by atoms with Gasteiger partial charge in [-0.15, -0.1) is 0 Å². The topological polar surface area (TPSA) is 98.3 Å². The lowest BCUT2D eigenvalue weighted by Gasteiger charge is -2.42. The Morgan fingerprint density at radius 1 is 1.06 bits per heavy atom. The molecule has 0 saturated carbocycles. The van der Waals surface area contributed by atoms with Gasteiger partial charge in [-0.3, -0.25) is 24.0 Å². The van der Waals surface area contributed by atoms with Gasteiger partial charge in [-0.05, 0) is 42.5 Å². The number of likely N-dealkylation sites (N-methyl/N-ethyl adjacent to an activating group) is 1. The third-order valence-corrected chi connectivity index (χ3v) is 6.87. The van der Waals surface area contributed by atoms with Crippen LogP contribution in [0.15, 0.2) is 29.5 Å². The van der Waals surface area contributed by atoms with Gasteiger partial charge in [0.05, 0.1) is 5.02 Å². The lowest BCUT2D eigenvalue weighted by molar-refractivity contribution is -0.154. The van der Waals surface area contributed by atoms with Gasteiger partial charge in [-0.1, -0.05) is 17.7 Å². The van der Waals surface area contributed by atoms with Gasteiger partial charge in [0.2, 0.25) is 17.6 Å². The molecule has 0 spiro atoms. The molecule has 35 heavy (non-hydrogen) atoms. The highest BCUT2D eigenvalue weighted by Crippen LogP contribution is 2.36. The molecular weight excluding hydrogens is 479 g/mol. The van der Waals surface area contributed by atoms with E-state index in [1.165, 1.54) is 37.8 Å². The number of nitrogens with zero attached hydrogens (tertiary/aromatic N) is 4. The second-order valence-corrected chi connectivity index (χ2v) is 9.52. The Kier molecular flexibility index (Phi) is 6.93. The molecule has 1 unspecified atom stereocenters. The second kappa shape index (κ2) is 9.77. The van der Waals surface area contributed by atoms with Crippen molar-refractivity contribution >= 4 is 41.0 Å². The zero-order valence-corrected chi connectivity index (χ0v) is 20.3. The highest BCUT2D eigenvalue weighted by atomic mass is 35.5. The number of benzene rings is 1. The molecule has 3 aliphatic heterocycles. The van der Waals surface area contributed by atoms with Gasteiger partial charge in [-0.2, -0.15) is 0 Å². The lowest BCUT2D eigenvalue weighted by atomic mass is 9.81. The highest BCUT2D eigenvalue weighted by Gasteiger charge is 2.50. The fourth-order valence-electron chi connectivity index (χ4n) is 4.66. The van der Waals surface area contributed by atoms with Crippen LogP contribution >= 0.6 is 11.6 Å². The fraction of sp³-hybridized carbons (Fsp3) is 0.458. The van der Waals surface area contributed by atoms with E-state index in [0.717, 1.165) is 0 Å². The van der Waals surface area contributed by atoms with Crippen LogP contribution in [0.1, 0.15) is 24.8 Å². The summed E-state index contributed by atoms with van der Waals surface area (Å²) in [6.45, 7) is 0.669. The van der Waals surface area contributed by atoms with Crippen molar-refractivity contribution in [2.75, 3.05) is 40.3 Å². The number of hydrogen-bond donors (Lipinski definition) is 0. The van der Waals surface area contributed by atoms with Crippen LogP contribution in [0.2, 0.25) is 5.02 Å². The van der Waals surface area contributed by atoms with Crippen LogP contribution < -0.4 is 0 Å². The summed E-state index contributed by atoms with van der Waals surface area (Å²) in [7, 11) is 3.18. The van der Waals surface area contributed by atoms with Gasteiger partial charge < -0.3 is 19.6 Å². The van der Waals surface area contributed by atoms with Crippen molar-refractivity contribution in [3.8, 4) is 0 Å². The van der Waals surface area contributed by atoms with Crippen molar-refractivity contribution in [1.82, 2.24) is 19.6 Å². The number of rotatable bonds is 4. The minimum absolute atomic E-state index is 0.0451. The molecule has 0 N–H and O–H groups in total. The molecular formula is C24H26ClFN4O5. The van der Waals surface area contributed by atoms with Gasteiger partial charge in [0.15, 0.2) is 0 Å². The average Bonchev–Trinajstić information content (AvgIpc) is 2.81. The van der Waals surface area contributed by atoms with Crippen LogP contribution in [0, 0.1) is 11.7 Å². The largest absolute Gasteiger partial charge is 0.347 e. The Labute approximate surface area is 207 Å². The number of fused-ring (bicyclic) bond motifs is 2. The minimum Gasteiger partial charge on any atom is -0.347 e. The summed E-state index contributed by atoms with van der Waals surface area (Å²) < 4.78 is 13.5. The van der Waals surface area contributed by atoms with Crippen LogP contribution in [-0.2, 0) is 30.5 Å². The molecule has 0 aliphatic carbocycles. The van der Waals surface area contributed by atoms with Gasteiger partial charge >= 0.3 is 0 Å². The molecule has 1 aromatic rings. The molecule has 0 bridgehead atoms. The summed E-state index contributed by atoms with van der Waals surface area (Å²) in [5, 5.41) is -0.0817. The molecule has 4 rings (SSSR count). The zero-order chi connectivity index (χ0) is 25.4. The van der Waals surface area contributed by atoms with Crippen molar-refractivity contribution < 1.29 is 28.4 Å². The number of ketones is 1. The fourth-order valence-corrected chi connectivity index (χ4v) is 4.86. The number of hydrogen-bond acceptors (Lipinski definition) is 5. The van der Waals surface area contributed by atoms with E-state index >= 15 is 0 Å². The number of piperidine rings is 1. The van der Waals surface area contributed by atoms with Crippen LogP contribution in [-0.4, -0.2) is 89.3 Å². The van der Waals surface area contributed by atoms with Crippen LogP contribution in [0.5, 0.6) is 0 Å². The SMILES string of the molecule is CN(C)C(=O)CN1CCCCN2C(=O)C(=O)C3C(=O)N(Cc4ccc(F)c(Cl)c4)CCC3=C2C1=O. The summed E-state index contributed by atoms with van der Waals surface area (Å²) >= 11 is 5.85. The molecule has 0 radical (unpaired) electrons. The molecule has 1 aromatic carbocycles. The number of carbonyl (C=O) groups excluding carboxylic acids is 5. The normalized spacial score (nSPS) is 21.0. The van der Waals surface area contributed by atoms with E-state index in [0.29, 0.717) is 30.5 Å². The molecule has 3 aliphatic rings. The van der Waals surface area contributed by atoms with Gasteiger partial charge in [0, 0.05) is 40.3 Å². The lowest BCUT2D eigenvalue weighted by Crippen LogP contribution is -2.57. The Morgan fingerprint density at radius 2 is 1.77 bits per heavy atom. The monoisotopic (exact) mass is 504 g/mol. The Hall–Kier alpha value is -3.27. The predicted octanol–water partition coefficient (Wildman–Crippen LogP) is 1.20. The van der Waals surface area contributed by atoms with Crippen LogP contribution in [0.3, 0.4) is 0 Å². The van der Waals surface area contributed by atoms with Gasteiger partial charge in [0.1, 0.15) is 24.0 Å². The molecule has 2 saturated heterocycles. The van der Waals surface area contributed by atoms with E-state index < -0.39 is 35.2 Å². The van der Waals surface area contributed by atoms with Crippen molar-refractivity contribution in [2.24, 2.45) is 5.92 Å². The molecule has 2 fully saturated rings. The van der Waals surface area contributed by atoms with Crippen molar-refractivity contribution in [3.63, 3.8) is 0 Å². The first kappa shape index (κ1) is 24.8.